The average Bonchev–Trinajstić information content (AvgIpc) is 3.26. The normalized spacial score (nSPS) is 10.8. The summed E-state index contributed by atoms with van der Waals surface area (Å²) in [5.74, 6) is -0.153. The minimum Gasteiger partial charge on any atom is -0.410 e. The van der Waals surface area contributed by atoms with Gasteiger partial charge < -0.3 is 15.1 Å². The van der Waals surface area contributed by atoms with Gasteiger partial charge in [0.1, 0.15) is 4.88 Å². The summed E-state index contributed by atoms with van der Waals surface area (Å²) >= 11 is 5.96. The molecule has 0 radical (unpaired) electrons. The number of thiazole rings is 1. The molecule has 3 rings (SSSR count). The maximum Gasteiger partial charge on any atom is 0.277 e. The topological polar surface area (TPSA) is 110 Å². The first-order valence-electron chi connectivity index (χ1n) is 8.55. The SMILES string of the molecule is Cc1nc(C)c(-c2nnc(SCC(=O)NCC(=O)Nc3ccc(Br)cc3C)o2)s1. The van der Waals surface area contributed by atoms with E-state index < -0.39 is 0 Å². The molecule has 2 aromatic heterocycles. The van der Waals surface area contributed by atoms with Gasteiger partial charge in [0.05, 0.1) is 23.0 Å². The number of hydrogen-bond acceptors (Lipinski definition) is 8. The number of carbonyl (C=O) groups excluding carboxylic acids is 2. The van der Waals surface area contributed by atoms with Crippen LogP contribution < -0.4 is 10.6 Å². The van der Waals surface area contributed by atoms with Gasteiger partial charge in [0.15, 0.2) is 0 Å². The summed E-state index contributed by atoms with van der Waals surface area (Å²) in [7, 11) is 0. The monoisotopic (exact) mass is 495 g/mol. The summed E-state index contributed by atoms with van der Waals surface area (Å²) in [4.78, 5) is 29.2. The second kappa shape index (κ2) is 9.51. The van der Waals surface area contributed by atoms with E-state index in [9.17, 15) is 9.59 Å². The average molecular weight is 496 g/mol. The Morgan fingerprint density at radius 2 is 2.00 bits per heavy atom. The number of carbonyl (C=O) groups is 2. The molecule has 0 aliphatic rings. The zero-order chi connectivity index (χ0) is 21.0. The maximum atomic E-state index is 12.0. The molecule has 29 heavy (non-hydrogen) atoms. The standard InChI is InChI=1S/C18H18BrN5O3S2/c1-9-6-12(19)4-5-13(9)22-14(25)7-20-15(26)8-28-18-24-23-17(27-18)16-10(2)21-11(3)29-16/h4-6H,7-8H2,1-3H3,(H,20,26)(H,22,25). The van der Waals surface area contributed by atoms with Crippen molar-refractivity contribution >= 4 is 56.5 Å². The van der Waals surface area contributed by atoms with E-state index >= 15 is 0 Å². The van der Waals surface area contributed by atoms with Crippen molar-refractivity contribution in [3.63, 3.8) is 0 Å². The van der Waals surface area contributed by atoms with Crippen LogP contribution in [-0.4, -0.2) is 39.3 Å². The highest BCUT2D eigenvalue weighted by atomic mass is 79.9. The predicted octanol–water partition coefficient (Wildman–Crippen LogP) is 3.73. The number of aryl methyl sites for hydroxylation is 3. The molecule has 0 atom stereocenters. The zero-order valence-corrected chi connectivity index (χ0v) is 19.1. The van der Waals surface area contributed by atoms with E-state index in [-0.39, 0.29) is 29.3 Å². The van der Waals surface area contributed by atoms with Crippen LogP contribution >= 0.6 is 39.0 Å². The van der Waals surface area contributed by atoms with Gasteiger partial charge in [-0.15, -0.1) is 21.5 Å². The lowest BCUT2D eigenvalue weighted by Gasteiger charge is -2.09. The van der Waals surface area contributed by atoms with Crippen LogP contribution in [0, 0.1) is 20.8 Å². The summed E-state index contributed by atoms with van der Waals surface area (Å²) in [6, 6.07) is 5.54. The quantitative estimate of drug-likeness (QED) is 0.480. The van der Waals surface area contributed by atoms with Gasteiger partial charge >= 0.3 is 0 Å². The molecule has 0 saturated heterocycles. The molecular formula is C18H18BrN5O3S2. The number of rotatable bonds is 7. The van der Waals surface area contributed by atoms with E-state index in [4.69, 9.17) is 4.42 Å². The zero-order valence-electron chi connectivity index (χ0n) is 15.9. The molecule has 0 saturated carbocycles. The Labute approximate surface area is 184 Å². The largest absolute Gasteiger partial charge is 0.410 e. The predicted molar refractivity (Wildman–Crippen MR) is 116 cm³/mol. The van der Waals surface area contributed by atoms with Crippen LogP contribution in [0.4, 0.5) is 5.69 Å². The lowest BCUT2D eigenvalue weighted by atomic mass is 10.2. The van der Waals surface area contributed by atoms with E-state index in [1.54, 1.807) is 6.07 Å². The third-order valence-corrected chi connectivity index (χ3v) is 6.11. The van der Waals surface area contributed by atoms with Gasteiger partial charge in [0.2, 0.25) is 11.8 Å². The number of amides is 2. The molecule has 11 heteroatoms. The molecule has 1 aromatic carbocycles. The van der Waals surface area contributed by atoms with Crippen LogP contribution in [-0.2, 0) is 9.59 Å². The molecule has 0 fully saturated rings. The number of nitrogens with one attached hydrogen (secondary N) is 2. The van der Waals surface area contributed by atoms with E-state index in [1.807, 2.05) is 32.9 Å². The number of nitrogens with zero attached hydrogens (tertiary/aromatic N) is 3. The number of hydrogen-bond donors (Lipinski definition) is 2. The van der Waals surface area contributed by atoms with Crippen molar-refractivity contribution in [3.8, 4) is 10.8 Å². The van der Waals surface area contributed by atoms with Gasteiger partial charge in [-0.05, 0) is 44.5 Å². The van der Waals surface area contributed by atoms with Crippen molar-refractivity contribution < 1.29 is 14.0 Å². The fourth-order valence-corrected chi connectivity index (χ4v) is 4.32. The molecule has 152 valence electrons. The lowest BCUT2D eigenvalue weighted by Crippen LogP contribution is -2.34. The molecule has 2 amide bonds. The summed E-state index contributed by atoms with van der Waals surface area (Å²) < 4.78 is 6.52. The minimum atomic E-state index is -0.303. The van der Waals surface area contributed by atoms with E-state index in [1.165, 1.54) is 11.3 Å². The molecule has 0 aliphatic carbocycles. The number of anilines is 1. The summed E-state index contributed by atoms with van der Waals surface area (Å²) in [5.41, 5.74) is 2.46. The molecule has 2 N–H and O–H groups in total. The highest BCUT2D eigenvalue weighted by Gasteiger charge is 2.16. The van der Waals surface area contributed by atoms with Crippen molar-refractivity contribution in [2.45, 2.75) is 26.0 Å². The Morgan fingerprint density at radius 1 is 1.21 bits per heavy atom. The Morgan fingerprint density at radius 3 is 2.69 bits per heavy atom. The molecule has 0 unspecified atom stereocenters. The Bertz CT molecular complexity index is 1050. The fourth-order valence-electron chi connectivity index (χ4n) is 2.41. The Balaban J connectivity index is 1.45. The van der Waals surface area contributed by atoms with Crippen LogP contribution in [0.5, 0.6) is 0 Å². The second-order valence-corrected chi connectivity index (χ2v) is 9.14. The van der Waals surface area contributed by atoms with Crippen LogP contribution in [0.3, 0.4) is 0 Å². The number of thioether (sulfide) groups is 1. The molecular weight excluding hydrogens is 478 g/mol. The summed E-state index contributed by atoms with van der Waals surface area (Å²) in [5, 5.41) is 14.5. The van der Waals surface area contributed by atoms with Crippen molar-refractivity contribution in [2.24, 2.45) is 0 Å². The van der Waals surface area contributed by atoms with Gasteiger partial charge in [-0.2, -0.15) is 0 Å². The molecule has 2 heterocycles. The first-order chi connectivity index (χ1) is 13.8. The van der Waals surface area contributed by atoms with Gasteiger partial charge in [-0.1, -0.05) is 27.7 Å². The van der Waals surface area contributed by atoms with Gasteiger partial charge in [0.25, 0.3) is 11.1 Å². The van der Waals surface area contributed by atoms with Gasteiger partial charge in [-0.25, -0.2) is 4.98 Å². The Hall–Kier alpha value is -2.24. The third kappa shape index (κ3) is 5.87. The minimum absolute atomic E-state index is 0.0624. The third-order valence-electron chi connectivity index (χ3n) is 3.74. The molecule has 8 nitrogen and oxygen atoms in total. The maximum absolute atomic E-state index is 12.0. The van der Waals surface area contributed by atoms with Crippen molar-refractivity contribution in [2.75, 3.05) is 17.6 Å². The number of aromatic nitrogens is 3. The van der Waals surface area contributed by atoms with Crippen LogP contribution in [0.15, 0.2) is 32.3 Å². The molecule has 3 aromatic rings. The van der Waals surface area contributed by atoms with Gasteiger partial charge in [-0.3, -0.25) is 9.59 Å². The second-order valence-electron chi connectivity index (χ2n) is 6.09. The number of halogens is 1. The van der Waals surface area contributed by atoms with Crippen LogP contribution in [0.25, 0.3) is 10.8 Å². The number of benzene rings is 1. The van der Waals surface area contributed by atoms with E-state index in [2.05, 4.69) is 41.7 Å². The smallest absolute Gasteiger partial charge is 0.277 e. The molecule has 0 bridgehead atoms. The highest BCUT2D eigenvalue weighted by molar-refractivity contribution is 9.10. The molecule has 0 spiro atoms. The van der Waals surface area contributed by atoms with E-state index in [0.29, 0.717) is 11.6 Å². The van der Waals surface area contributed by atoms with Crippen molar-refractivity contribution in [1.82, 2.24) is 20.5 Å². The van der Waals surface area contributed by atoms with Crippen LogP contribution in [0.1, 0.15) is 16.3 Å². The lowest BCUT2D eigenvalue weighted by molar-refractivity contribution is -0.122. The van der Waals surface area contributed by atoms with Crippen LogP contribution in [0.2, 0.25) is 0 Å². The molecule has 0 aliphatic heterocycles. The van der Waals surface area contributed by atoms with Crippen molar-refractivity contribution in [1.29, 1.82) is 0 Å². The van der Waals surface area contributed by atoms with E-state index in [0.717, 1.165) is 37.4 Å². The summed E-state index contributed by atoms with van der Waals surface area (Å²) in [6.07, 6.45) is 0. The first kappa shape index (κ1) is 21.5. The van der Waals surface area contributed by atoms with Crippen molar-refractivity contribution in [3.05, 3.63) is 38.9 Å². The summed E-state index contributed by atoms with van der Waals surface area (Å²) in [6.45, 7) is 5.56. The highest BCUT2D eigenvalue weighted by Crippen LogP contribution is 2.30. The Kier molecular flexibility index (Phi) is 7.04. The van der Waals surface area contributed by atoms with Gasteiger partial charge in [0, 0.05) is 10.2 Å². The first-order valence-corrected chi connectivity index (χ1v) is 11.1. The fraction of sp³-hybridized carbons (Fsp3) is 0.278.